The minimum Gasteiger partial charge on any atom is -0.293 e. The molecule has 6 heteroatoms. The first-order valence-corrected chi connectivity index (χ1v) is 13.1. The SMILES string of the molecule is Cc1ccc(S(=O)(=O)N[C@H](c2cccc(Br)c2)[C@@H](C(=O)c2ccccc2)c2ccccc2)cc1. The summed E-state index contributed by atoms with van der Waals surface area (Å²) in [4.78, 5) is 14.0. The summed E-state index contributed by atoms with van der Waals surface area (Å²) in [6.45, 7) is 1.90. The fourth-order valence-electron chi connectivity index (χ4n) is 3.92. The number of rotatable bonds is 8. The van der Waals surface area contributed by atoms with Gasteiger partial charge in [0, 0.05) is 10.0 Å². The lowest BCUT2D eigenvalue weighted by atomic mass is 9.82. The zero-order chi connectivity index (χ0) is 24.1. The number of hydrogen-bond donors (Lipinski definition) is 1. The highest BCUT2D eigenvalue weighted by Crippen LogP contribution is 2.36. The molecule has 0 aromatic heterocycles. The molecule has 0 amide bonds. The lowest BCUT2D eigenvalue weighted by molar-refractivity contribution is 0.0944. The number of halogens is 1. The van der Waals surface area contributed by atoms with E-state index in [9.17, 15) is 13.2 Å². The van der Waals surface area contributed by atoms with Gasteiger partial charge in [-0.1, -0.05) is 106 Å². The number of hydrogen-bond acceptors (Lipinski definition) is 3. The third-order valence-corrected chi connectivity index (χ3v) is 7.60. The van der Waals surface area contributed by atoms with Crippen LogP contribution in [0.5, 0.6) is 0 Å². The maximum atomic E-state index is 13.9. The largest absolute Gasteiger partial charge is 0.293 e. The molecule has 0 aliphatic heterocycles. The third kappa shape index (κ3) is 5.53. The fraction of sp³-hybridized carbons (Fsp3) is 0.107. The van der Waals surface area contributed by atoms with Crippen molar-refractivity contribution in [1.82, 2.24) is 4.72 Å². The standard InChI is InChI=1S/C28H24BrNO3S/c1-20-15-17-25(18-16-20)34(32,33)30-27(23-13-8-14-24(29)19-23)26(21-9-4-2-5-10-21)28(31)22-11-6-3-7-12-22/h2-19,26-27,30H,1H3/t26-,27+/m0/s1. The molecule has 4 aromatic carbocycles. The van der Waals surface area contributed by atoms with E-state index in [0.29, 0.717) is 11.1 Å². The summed E-state index contributed by atoms with van der Waals surface area (Å²) in [5.41, 5.74) is 2.89. The van der Waals surface area contributed by atoms with Crippen molar-refractivity contribution in [2.75, 3.05) is 0 Å². The van der Waals surface area contributed by atoms with E-state index in [4.69, 9.17) is 0 Å². The smallest absolute Gasteiger partial charge is 0.241 e. The topological polar surface area (TPSA) is 63.2 Å². The Hall–Kier alpha value is -3.06. The van der Waals surface area contributed by atoms with E-state index in [0.717, 1.165) is 15.6 Å². The van der Waals surface area contributed by atoms with Crippen LogP contribution < -0.4 is 4.72 Å². The molecule has 0 bridgehead atoms. The Morgan fingerprint density at radius 1 is 0.765 bits per heavy atom. The van der Waals surface area contributed by atoms with Gasteiger partial charge in [0.25, 0.3) is 0 Å². The Morgan fingerprint density at radius 2 is 1.35 bits per heavy atom. The Morgan fingerprint density at radius 3 is 1.97 bits per heavy atom. The summed E-state index contributed by atoms with van der Waals surface area (Å²) in [7, 11) is -3.92. The molecular formula is C28H24BrNO3S. The maximum Gasteiger partial charge on any atom is 0.241 e. The van der Waals surface area contributed by atoms with E-state index >= 15 is 0 Å². The fourth-order valence-corrected chi connectivity index (χ4v) is 5.57. The number of Topliss-reactive ketones (excluding diaryl/α,β-unsaturated/α-hetero) is 1. The number of aryl methyl sites for hydroxylation is 1. The molecule has 0 aliphatic rings. The van der Waals surface area contributed by atoms with E-state index in [1.54, 1.807) is 48.5 Å². The Labute approximate surface area is 208 Å². The molecule has 4 rings (SSSR count). The quantitative estimate of drug-likeness (QED) is 0.265. The molecule has 0 unspecified atom stereocenters. The molecule has 0 radical (unpaired) electrons. The highest BCUT2D eigenvalue weighted by atomic mass is 79.9. The molecular weight excluding hydrogens is 510 g/mol. The van der Waals surface area contributed by atoms with E-state index in [-0.39, 0.29) is 10.7 Å². The summed E-state index contributed by atoms with van der Waals surface area (Å²) in [6, 6.07) is 31.5. The maximum absolute atomic E-state index is 13.9. The predicted octanol–water partition coefficient (Wildman–Crippen LogP) is 6.44. The summed E-state index contributed by atoms with van der Waals surface area (Å²) in [5, 5.41) is 0. The molecule has 0 aliphatic carbocycles. The monoisotopic (exact) mass is 533 g/mol. The molecule has 1 N–H and O–H groups in total. The summed E-state index contributed by atoms with van der Waals surface area (Å²) >= 11 is 3.49. The van der Waals surface area contributed by atoms with Crippen molar-refractivity contribution < 1.29 is 13.2 Å². The minimum atomic E-state index is -3.92. The van der Waals surface area contributed by atoms with Crippen LogP contribution in [0.2, 0.25) is 0 Å². The van der Waals surface area contributed by atoms with Crippen molar-refractivity contribution in [2.45, 2.75) is 23.8 Å². The van der Waals surface area contributed by atoms with Crippen LogP contribution in [-0.4, -0.2) is 14.2 Å². The highest BCUT2D eigenvalue weighted by molar-refractivity contribution is 9.10. The van der Waals surface area contributed by atoms with Gasteiger partial charge in [-0.2, -0.15) is 0 Å². The van der Waals surface area contributed by atoms with Crippen molar-refractivity contribution in [3.8, 4) is 0 Å². The Kier molecular flexibility index (Phi) is 7.41. The average Bonchev–Trinajstić information content (AvgIpc) is 2.85. The van der Waals surface area contributed by atoms with Crippen LogP contribution in [0.1, 0.15) is 39.0 Å². The number of carbonyl (C=O) groups is 1. The number of nitrogens with one attached hydrogen (secondary N) is 1. The van der Waals surface area contributed by atoms with Crippen molar-refractivity contribution in [3.63, 3.8) is 0 Å². The molecule has 0 spiro atoms. The Bertz CT molecular complexity index is 1370. The molecule has 4 nitrogen and oxygen atoms in total. The summed E-state index contributed by atoms with van der Waals surface area (Å²) in [6.07, 6.45) is 0. The number of ketones is 1. The first-order chi connectivity index (χ1) is 16.3. The van der Waals surface area contributed by atoms with Gasteiger partial charge in [-0.05, 0) is 42.3 Å². The number of carbonyl (C=O) groups excluding carboxylic acids is 1. The van der Waals surface area contributed by atoms with Gasteiger partial charge in [-0.3, -0.25) is 4.79 Å². The van der Waals surface area contributed by atoms with Crippen molar-refractivity contribution in [3.05, 3.63) is 136 Å². The zero-order valence-electron chi connectivity index (χ0n) is 18.6. The van der Waals surface area contributed by atoms with Crippen molar-refractivity contribution in [1.29, 1.82) is 0 Å². The molecule has 0 heterocycles. The van der Waals surface area contributed by atoms with Gasteiger partial charge in [0.05, 0.1) is 16.9 Å². The molecule has 0 saturated carbocycles. The van der Waals surface area contributed by atoms with Gasteiger partial charge < -0.3 is 0 Å². The lowest BCUT2D eigenvalue weighted by Crippen LogP contribution is -2.36. The molecule has 2 atom stereocenters. The number of benzene rings is 4. The van der Waals surface area contributed by atoms with Crippen LogP contribution in [0, 0.1) is 6.92 Å². The molecule has 4 aromatic rings. The van der Waals surface area contributed by atoms with Gasteiger partial charge in [-0.15, -0.1) is 0 Å². The van der Waals surface area contributed by atoms with E-state index < -0.39 is 22.0 Å². The predicted molar refractivity (Wildman–Crippen MR) is 138 cm³/mol. The molecule has 172 valence electrons. The zero-order valence-corrected chi connectivity index (χ0v) is 21.0. The Balaban J connectivity index is 1.87. The average molecular weight is 534 g/mol. The first-order valence-electron chi connectivity index (χ1n) is 10.8. The van der Waals surface area contributed by atoms with E-state index in [1.165, 1.54) is 0 Å². The van der Waals surface area contributed by atoms with Crippen LogP contribution in [0.3, 0.4) is 0 Å². The molecule has 34 heavy (non-hydrogen) atoms. The van der Waals surface area contributed by atoms with Gasteiger partial charge >= 0.3 is 0 Å². The molecule has 0 saturated heterocycles. The second-order valence-corrected chi connectivity index (χ2v) is 10.7. The van der Waals surface area contributed by atoms with Crippen molar-refractivity contribution in [2.24, 2.45) is 0 Å². The minimum absolute atomic E-state index is 0.150. The van der Waals surface area contributed by atoms with Crippen LogP contribution in [0.15, 0.2) is 119 Å². The summed E-state index contributed by atoms with van der Waals surface area (Å²) < 4.78 is 30.6. The van der Waals surface area contributed by atoms with Gasteiger partial charge in [0.1, 0.15) is 0 Å². The van der Waals surface area contributed by atoms with Crippen LogP contribution in [-0.2, 0) is 10.0 Å². The molecule has 0 fully saturated rings. The van der Waals surface area contributed by atoms with Gasteiger partial charge in [0.15, 0.2) is 5.78 Å². The van der Waals surface area contributed by atoms with Crippen LogP contribution in [0.25, 0.3) is 0 Å². The lowest BCUT2D eigenvalue weighted by Gasteiger charge is -2.28. The normalized spacial score (nSPS) is 13.2. The van der Waals surface area contributed by atoms with Gasteiger partial charge in [0.2, 0.25) is 10.0 Å². The second-order valence-electron chi connectivity index (χ2n) is 8.09. The van der Waals surface area contributed by atoms with E-state index in [1.807, 2.05) is 67.6 Å². The number of sulfonamides is 1. The summed E-state index contributed by atoms with van der Waals surface area (Å²) in [5.74, 6) is -0.943. The van der Waals surface area contributed by atoms with Crippen LogP contribution >= 0.6 is 15.9 Å². The van der Waals surface area contributed by atoms with Gasteiger partial charge in [-0.25, -0.2) is 13.1 Å². The third-order valence-electron chi connectivity index (χ3n) is 5.65. The van der Waals surface area contributed by atoms with Crippen molar-refractivity contribution >= 4 is 31.7 Å². The first kappa shape index (κ1) is 24.1. The second kappa shape index (κ2) is 10.5. The van der Waals surface area contributed by atoms with E-state index in [2.05, 4.69) is 20.7 Å². The van der Waals surface area contributed by atoms with Crippen LogP contribution in [0.4, 0.5) is 0 Å². The highest BCUT2D eigenvalue weighted by Gasteiger charge is 2.35.